The van der Waals surface area contributed by atoms with Crippen molar-refractivity contribution in [3.8, 4) is 0 Å². The summed E-state index contributed by atoms with van der Waals surface area (Å²) in [6.45, 7) is 1.38. The number of benzene rings is 1. The second-order valence-electron chi connectivity index (χ2n) is 3.71. The first-order valence-corrected chi connectivity index (χ1v) is 6.77. The number of imide groups is 1. The molecular weight excluding hydrogens is 282 g/mol. The highest BCUT2D eigenvalue weighted by Crippen LogP contribution is 2.17. The van der Waals surface area contributed by atoms with Crippen molar-refractivity contribution in [2.75, 3.05) is 12.9 Å². The Balaban J connectivity index is 2.34. The highest BCUT2D eigenvalue weighted by Gasteiger charge is 2.20. The number of carbonyl (C=O) groups is 3. The summed E-state index contributed by atoms with van der Waals surface area (Å²) in [5.74, 6) is -1.18. The number of ether oxygens (including phenoxy) is 2. The third kappa shape index (κ3) is 5.75. The van der Waals surface area contributed by atoms with Crippen LogP contribution < -0.4 is 5.32 Å². The summed E-state index contributed by atoms with van der Waals surface area (Å²) in [5, 5.41) is 1.92. The van der Waals surface area contributed by atoms with Crippen LogP contribution in [0.2, 0.25) is 0 Å². The van der Waals surface area contributed by atoms with Crippen molar-refractivity contribution in [1.82, 2.24) is 5.32 Å². The Labute approximate surface area is 120 Å². The van der Waals surface area contributed by atoms with Gasteiger partial charge in [-0.15, -0.1) is 11.8 Å². The third-order valence-electron chi connectivity index (χ3n) is 2.19. The van der Waals surface area contributed by atoms with E-state index in [1.807, 2.05) is 35.6 Å². The van der Waals surface area contributed by atoms with Crippen LogP contribution in [0.15, 0.2) is 35.2 Å². The number of hydrogen-bond acceptors (Lipinski definition) is 6. The summed E-state index contributed by atoms with van der Waals surface area (Å²) in [5.41, 5.74) is 0. The van der Waals surface area contributed by atoms with Crippen LogP contribution in [0.25, 0.3) is 0 Å². The quantitative estimate of drug-likeness (QED) is 0.656. The molecule has 0 radical (unpaired) electrons. The van der Waals surface area contributed by atoms with Gasteiger partial charge in [0.2, 0.25) is 0 Å². The molecule has 2 amide bonds. The molecule has 0 bridgehead atoms. The number of nitrogens with one attached hydrogen (secondary N) is 1. The van der Waals surface area contributed by atoms with Gasteiger partial charge in [0.15, 0.2) is 6.10 Å². The molecule has 0 aliphatic carbocycles. The van der Waals surface area contributed by atoms with Gasteiger partial charge in [-0.3, -0.25) is 14.9 Å². The first-order valence-electron chi connectivity index (χ1n) is 5.79. The fourth-order valence-corrected chi connectivity index (χ4v) is 1.90. The molecule has 1 rings (SSSR count). The lowest BCUT2D eigenvalue weighted by Gasteiger charge is -2.12. The predicted molar refractivity (Wildman–Crippen MR) is 73.3 cm³/mol. The maximum atomic E-state index is 11.5. The van der Waals surface area contributed by atoms with Crippen LogP contribution in [0.3, 0.4) is 0 Å². The van der Waals surface area contributed by atoms with Crippen molar-refractivity contribution < 1.29 is 23.9 Å². The molecule has 1 atom stereocenters. The molecule has 0 aromatic heterocycles. The molecule has 1 N–H and O–H groups in total. The average molecular weight is 297 g/mol. The Hall–Kier alpha value is -2.02. The predicted octanol–water partition coefficient (Wildman–Crippen LogP) is 1.59. The van der Waals surface area contributed by atoms with Crippen LogP contribution in [0.4, 0.5) is 4.79 Å². The molecule has 0 unspecified atom stereocenters. The van der Waals surface area contributed by atoms with E-state index in [0.29, 0.717) is 0 Å². The lowest BCUT2D eigenvalue weighted by molar-refractivity contribution is -0.152. The van der Waals surface area contributed by atoms with Crippen molar-refractivity contribution in [2.24, 2.45) is 0 Å². The summed E-state index contributed by atoms with van der Waals surface area (Å²) >= 11 is 1.30. The summed E-state index contributed by atoms with van der Waals surface area (Å²) in [7, 11) is 1.13. The van der Waals surface area contributed by atoms with Gasteiger partial charge < -0.3 is 9.47 Å². The van der Waals surface area contributed by atoms with Gasteiger partial charge in [0.25, 0.3) is 5.91 Å². The topological polar surface area (TPSA) is 81.7 Å². The number of alkyl carbamates (subject to hydrolysis) is 1. The zero-order chi connectivity index (χ0) is 15.0. The molecule has 6 nitrogen and oxygen atoms in total. The fraction of sp³-hybridized carbons (Fsp3) is 0.308. The van der Waals surface area contributed by atoms with Gasteiger partial charge in [0, 0.05) is 4.90 Å². The number of carbonyl (C=O) groups excluding carboxylic acids is 3. The molecule has 20 heavy (non-hydrogen) atoms. The second kappa shape index (κ2) is 8.21. The normalized spacial score (nSPS) is 11.3. The Kier molecular flexibility index (Phi) is 6.58. The monoisotopic (exact) mass is 297 g/mol. The highest BCUT2D eigenvalue weighted by molar-refractivity contribution is 8.00. The number of amides is 2. The molecule has 0 aliphatic heterocycles. The zero-order valence-electron chi connectivity index (χ0n) is 11.1. The van der Waals surface area contributed by atoms with Crippen molar-refractivity contribution >= 4 is 29.7 Å². The van der Waals surface area contributed by atoms with Gasteiger partial charge in [0.1, 0.15) is 0 Å². The van der Waals surface area contributed by atoms with Crippen molar-refractivity contribution in [3.63, 3.8) is 0 Å². The van der Waals surface area contributed by atoms with E-state index in [0.717, 1.165) is 12.0 Å². The molecule has 0 aliphatic rings. The van der Waals surface area contributed by atoms with E-state index in [1.54, 1.807) is 0 Å². The molecule has 0 saturated heterocycles. The SMILES string of the molecule is COC(=O)NC(=O)[C@H](C)OC(=O)CSc1ccccc1. The van der Waals surface area contributed by atoms with E-state index in [2.05, 4.69) is 4.74 Å². The molecule has 108 valence electrons. The Morgan fingerprint density at radius 2 is 1.90 bits per heavy atom. The zero-order valence-corrected chi connectivity index (χ0v) is 11.9. The minimum absolute atomic E-state index is 0.0832. The molecule has 1 aromatic carbocycles. The highest BCUT2D eigenvalue weighted by atomic mass is 32.2. The van der Waals surface area contributed by atoms with Crippen LogP contribution >= 0.6 is 11.8 Å². The lowest BCUT2D eigenvalue weighted by atomic mass is 10.4. The van der Waals surface area contributed by atoms with E-state index < -0.39 is 24.1 Å². The van der Waals surface area contributed by atoms with E-state index in [-0.39, 0.29) is 5.75 Å². The van der Waals surface area contributed by atoms with Gasteiger partial charge >= 0.3 is 12.1 Å². The van der Waals surface area contributed by atoms with Crippen LogP contribution in [-0.4, -0.2) is 36.9 Å². The molecule has 0 spiro atoms. The van der Waals surface area contributed by atoms with E-state index in [4.69, 9.17) is 4.74 Å². The fourth-order valence-electron chi connectivity index (χ4n) is 1.20. The lowest BCUT2D eigenvalue weighted by Crippen LogP contribution is -2.39. The van der Waals surface area contributed by atoms with E-state index >= 15 is 0 Å². The van der Waals surface area contributed by atoms with Gasteiger partial charge in [-0.05, 0) is 19.1 Å². The summed E-state index contributed by atoms with van der Waals surface area (Å²) in [6, 6.07) is 9.33. The van der Waals surface area contributed by atoms with Crippen LogP contribution in [0.1, 0.15) is 6.92 Å². The smallest absolute Gasteiger partial charge is 0.413 e. The van der Waals surface area contributed by atoms with Crippen LogP contribution in [-0.2, 0) is 19.1 Å². The molecule has 0 saturated carbocycles. The largest absolute Gasteiger partial charge is 0.453 e. The van der Waals surface area contributed by atoms with Gasteiger partial charge in [-0.2, -0.15) is 0 Å². The van der Waals surface area contributed by atoms with Crippen molar-refractivity contribution in [1.29, 1.82) is 0 Å². The molecule has 0 fully saturated rings. The molecule has 0 heterocycles. The third-order valence-corrected chi connectivity index (χ3v) is 3.17. The second-order valence-corrected chi connectivity index (χ2v) is 4.76. The number of rotatable bonds is 5. The summed E-state index contributed by atoms with van der Waals surface area (Å²) < 4.78 is 9.17. The number of methoxy groups -OCH3 is 1. The molecule has 7 heteroatoms. The van der Waals surface area contributed by atoms with Gasteiger partial charge in [0.05, 0.1) is 12.9 Å². The van der Waals surface area contributed by atoms with Gasteiger partial charge in [-0.25, -0.2) is 4.79 Å². The Morgan fingerprint density at radius 3 is 2.50 bits per heavy atom. The van der Waals surface area contributed by atoms with E-state index in [9.17, 15) is 14.4 Å². The summed E-state index contributed by atoms with van der Waals surface area (Å²) in [4.78, 5) is 34.7. The maximum Gasteiger partial charge on any atom is 0.413 e. The maximum absolute atomic E-state index is 11.5. The Morgan fingerprint density at radius 1 is 1.25 bits per heavy atom. The van der Waals surface area contributed by atoms with Crippen molar-refractivity contribution in [2.45, 2.75) is 17.9 Å². The number of esters is 1. The first-order chi connectivity index (χ1) is 9.52. The van der Waals surface area contributed by atoms with Crippen molar-refractivity contribution in [3.05, 3.63) is 30.3 Å². The summed E-state index contributed by atoms with van der Waals surface area (Å²) in [6.07, 6.45) is -1.95. The minimum atomic E-state index is -1.06. The number of hydrogen-bond donors (Lipinski definition) is 1. The van der Waals surface area contributed by atoms with Crippen LogP contribution in [0, 0.1) is 0 Å². The Bertz CT molecular complexity index is 477. The van der Waals surface area contributed by atoms with Crippen LogP contribution in [0.5, 0.6) is 0 Å². The van der Waals surface area contributed by atoms with Gasteiger partial charge in [-0.1, -0.05) is 18.2 Å². The average Bonchev–Trinajstić information content (AvgIpc) is 2.45. The molecule has 1 aromatic rings. The number of thioether (sulfide) groups is 1. The van der Waals surface area contributed by atoms with E-state index in [1.165, 1.54) is 18.7 Å². The molecular formula is C13H15NO5S. The standard InChI is InChI=1S/C13H15NO5S/c1-9(12(16)14-13(17)18-2)19-11(15)8-20-10-6-4-3-5-7-10/h3-7,9H,8H2,1-2H3,(H,14,16,17)/t9-/m0/s1. The minimum Gasteiger partial charge on any atom is -0.453 e. The first kappa shape index (κ1) is 16.0.